The summed E-state index contributed by atoms with van der Waals surface area (Å²) in [5.41, 5.74) is 1.97. The van der Waals surface area contributed by atoms with Gasteiger partial charge in [-0.1, -0.05) is 53.0 Å². The molecule has 1 aromatic rings. The standard InChI is InChI=1S/C13H17Cl2NO3/c1-8-3-5-9(6-4-8)11(19-2)10(7-17)16-13(18)12(14)15/h3-6,10-12,17H,7H2,1-2H3,(H,16,18). The molecular weight excluding hydrogens is 289 g/mol. The van der Waals surface area contributed by atoms with Gasteiger partial charge in [0.1, 0.15) is 6.10 Å². The first kappa shape index (κ1) is 16.2. The molecule has 19 heavy (non-hydrogen) atoms. The van der Waals surface area contributed by atoms with Crippen molar-refractivity contribution in [1.29, 1.82) is 0 Å². The van der Waals surface area contributed by atoms with E-state index in [0.29, 0.717) is 0 Å². The Hall–Kier alpha value is -0.810. The second kappa shape index (κ2) is 7.70. The fourth-order valence-electron chi connectivity index (χ4n) is 1.75. The van der Waals surface area contributed by atoms with E-state index in [0.717, 1.165) is 11.1 Å². The van der Waals surface area contributed by atoms with Gasteiger partial charge in [0.2, 0.25) is 0 Å². The van der Waals surface area contributed by atoms with Gasteiger partial charge in [-0.25, -0.2) is 0 Å². The fourth-order valence-corrected chi connectivity index (χ4v) is 1.88. The number of aryl methyl sites for hydroxylation is 1. The van der Waals surface area contributed by atoms with Crippen LogP contribution in [0.2, 0.25) is 0 Å². The summed E-state index contributed by atoms with van der Waals surface area (Å²) in [6, 6.07) is 7.03. The molecule has 0 aliphatic heterocycles. The molecule has 0 aliphatic rings. The van der Waals surface area contributed by atoms with Gasteiger partial charge >= 0.3 is 0 Å². The molecule has 2 unspecified atom stereocenters. The number of amides is 1. The highest BCUT2D eigenvalue weighted by molar-refractivity contribution is 6.53. The van der Waals surface area contributed by atoms with E-state index in [1.807, 2.05) is 31.2 Å². The van der Waals surface area contributed by atoms with Crippen molar-refractivity contribution in [3.63, 3.8) is 0 Å². The summed E-state index contributed by atoms with van der Waals surface area (Å²) in [6.45, 7) is 1.70. The number of aliphatic hydroxyl groups excluding tert-OH is 1. The van der Waals surface area contributed by atoms with Gasteiger partial charge in [-0.15, -0.1) is 0 Å². The number of alkyl halides is 2. The van der Waals surface area contributed by atoms with Gasteiger partial charge in [-0.2, -0.15) is 0 Å². The van der Waals surface area contributed by atoms with E-state index >= 15 is 0 Å². The van der Waals surface area contributed by atoms with Crippen LogP contribution in [0.15, 0.2) is 24.3 Å². The summed E-state index contributed by atoms with van der Waals surface area (Å²) in [7, 11) is 1.51. The van der Waals surface area contributed by atoms with E-state index in [1.54, 1.807) is 0 Å². The van der Waals surface area contributed by atoms with Gasteiger partial charge < -0.3 is 15.2 Å². The monoisotopic (exact) mass is 305 g/mol. The summed E-state index contributed by atoms with van der Waals surface area (Å²) in [6.07, 6.45) is -0.471. The highest BCUT2D eigenvalue weighted by Gasteiger charge is 2.26. The Morgan fingerprint density at radius 2 is 1.95 bits per heavy atom. The molecule has 2 N–H and O–H groups in total. The third-order valence-corrected chi connectivity index (χ3v) is 3.14. The number of hydrogen-bond acceptors (Lipinski definition) is 3. The average Bonchev–Trinajstić information content (AvgIpc) is 2.40. The Morgan fingerprint density at radius 1 is 1.37 bits per heavy atom. The second-order valence-electron chi connectivity index (χ2n) is 4.17. The number of methoxy groups -OCH3 is 1. The van der Waals surface area contributed by atoms with Crippen molar-refractivity contribution in [2.45, 2.75) is 23.9 Å². The van der Waals surface area contributed by atoms with Gasteiger partial charge in [0.15, 0.2) is 4.84 Å². The van der Waals surface area contributed by atoms with Crippen LogP contribution >= 0.6 is 23.2 Å². The Morgan fingerprint density at radius 3 is 2.37 bits per heavy atom. The minimum atomic E-state index is -1.18. The zero-order valence-corrected chi connectivity index (χ0v) is 12.3. The first-order chi connectivity index (χ1) is 8.99. The van der Waals surface area contributed by atoms with E-state index in [1.165, 1.54) is 7.11 Å². The van der Waals surface area contributed by atoms with E-state index in [2.05, 4.69) is 5.32 Å². The molecule has 0 radical (unpaired) electrons. The number of rotatable bonds is 6. The zero-order valence-electron chi connectivity index (χ0n) is 10.8. The van der Waals surface area contributed by atoms with Crippen molar-refractivity contribution < 1.29 is 14.6 Å². The molecule has 106 valence electrons. The van der Waals surface area contributed by atoms with Gasteiger partial charge in [-0.05, 0) is 12.5 Å². The third-order valence-electron chi connectivity index (χ3n) is 2.75. The van der Waals surface area contributed by atoms with Crippen LogP contribution in [0.5, 0.6) is 0 Å². The summed E-state index contributed by atoms with van der Waals surface area (Å²) < 4.78 is 5.35. The average molecular weight is 306 g/mol. The van der Waals surface area contributed by atoms with Crippen LogP contribution in [0.4, 0.5) is 0 Å². The molecule has 0 aromatic heterocycles. The molecule has 4 nitrogen and oxygen atoms in total. The summed E-state index contributed by atoms with van der Waals surface area (Å²) in [5.74, 6) is -0.559. The summed E-state index contributed by atoms with van der Waals surface area (Å²) in [4.78, 5) is 10.3. The smallest absolute Gasteiger partial charge is 0.253 e. The molecule has 1 amide bonds. The van der Waals surface area contributed by atoms with Crippen molar-refractivity contribution in [3.05, 3.63) is 35.4 Å². The van der Waals surface area contributed by atoms with E-state index < -0.39 is 22.9 Å². The van der Waals surface area contributed by atoms with Gasteiger partial charge in [-0.3, -0.25) is 4.79 Å². The number of aliphatic hydroxyl groups is 1. The number of ether oxygens (including phenoxy) is 1. The van der Waals surface area contributed by atoms with Crippen molar-refractivity contribution in [2.24, 2.45) is 0 Å². The maximum Gasteiger partial charge on any atom is 0.253 e. The first-order valence-electron chi connectivity index (χ1n) is 5.78. The first-order valence-corrected chi connectivity index (χ1v) is 6.65. The number of nitrogens with one attached hydrogen (secondary N) is 1. The zero-order chi connectivity index (χ0) is 14.4. The lowest BCUT2D eigenvalue weighted by molar-refractivity contribution is -0.121. The van der Waals surface area contributed by atoms with Crippen LogP contribution in [0.3, 0.4) is 0 Å². The Balaban J connectivity index is 2.86. The highest BCUT2D eigenvalue weighted by Crippen LogP contribution is 2.21. The maximum absolute atomic E-state index is 11.5. The van der Waals surface area contributed by atoms with Crippen molar-refractivity contribution in [1.82, 2.24) is 5.32 Å². The van der Waals surface area contributed by atoms with Crippen molar-refractivity contribution >= 4 is 29.1 Å². The topological polar surface area (TPSA) is 58.6 Å². The predicted octanol–water partition coefficient (Wildman–Crippen LogP) is 1.96. The Bertz CT molecular complexity index is 409. The number of halogens is 2. The molecule has 0 saturated carbocycles. The number of carbonyl (C=O) groups is 1. The van der Waals surface area contributed by atoms with Crippen LogP contribution in [0.25, 0.3) is 0 Å². The Kier molecular flexibility index (Phi) is 6.58. The molecule has 0 spiro atoms. The van der Waals surface area contributed by atoms with Crippen molar-refractivity contribution in [3.8, 4) is 0 Å². The normalized spacial score (nSPS) is 14.2. The predicted molar refractivity (Wildman–Crippen MR) is 75.4 cm³/mol. The molecule has 2 atom stereocenters. The van der Waals surface area contributed by atoms with Crippen LogP contribution in [0, 0.1) is 6.92 Å². The molecule has 0 fully saturated rings. The summed E-state index contributed by atoms with van der Waals surface area (Å²) in [5, 5.41) is 11.9. The highest BCUT2D eigenvalue weighted by atomic mass is 35.5. The third kappa shape index (κ3) is 4.66. The van der Waals surface area contributed by atoms with Crippen LogP contribution < -0.4 is 5.32 Å². The lowest BCUT2D eigenvalue weighted by Gasteiger charge is -2.26. The van der Waals surface area contributed by atoms with Crippen LogP contribution in [-0.4, -0.2) is 35.6 Å². The number of carbonyl (C=O) groups excluding carboxylic acids is 1. The molecular formula is C13H17Cl2NO3. The molecule has 1 rings (SSSR count). The summed E-state index contributed by atoms with van der Waals surface area (Å²) >= 11 is 10.9. The van der Waals surface area contributed by atoms with E-state index in [4.69, 9.17) is 27.9 Å². The van der Waals surface area contributed by atoms with Crippen molar-refractivity contribution in [2.75, 3.05) is 13.7 Å². The largest absolute Gasteiger partial charge is 0.394 e. The molecule has 6 heteroatoms. The van der Waals surface area contributed by atoms with Gasteiger partial charge in [0, 0.05) is 7.11 Å². The molecule has 0 bridgehead atoms. The van der Waals surface area contributed by atoms with Crippen LogP contribution in [0.1, 0.15) is 17.2 Å². The maximum atomic E-state index is 11.5. The minimum Gasteiger partial charge on any atom is -0.394 e. The number of hydrogen-bond donors (Lipinski definition) is 2. The fraction of sp³-hybridized carbons (Fsp3) is 0.462. The molecule has 0 aliphatic carbocycles. The van der Waals surface area contributed by atoms with E-state index in [9.17, 15) is 9.90 Å². The SMILES string of the molecule is COC(c1ccc(C)cc1)C(CO)NC(=O)C(Cl)Cl. The van der Waals surface area contributed by atoms with Gasteiger partial charge in [0.05, 0.1) is 12.6 Å². The quantitative estimate of drug-likeness (QED) is 0.790. The second-order valence-corrected chi connectivity index (χ2v) is 5.26. The molecule has 0 saturated heterocycles. The molecule has 0 heterocycles. The van der Waals surface area contributed by atoms with Gasteiger partial charge in [0.25, 0.3) is 5.91 Å². The van der Waals surface area contributed by atoms with Crippen LogP contribution in [-0.2, 0) is 9.53 Å². The molecule has 1 aromatic carbocycles. The lowest BCUT2D eigenvalue weighted by Crippen LogP contribution is -2.44. The number of benzene rings is 1. The minimum absolute atomic E-state index is 0.279. The Labute approximate surface area is 122 Å². The van der Waals surface area contributed by atoms with E-state index in [-0.39, 0.29) is 6.61 Å². The lowest BCUT2D eigenvalue weighted by atomic mass is 10.0.